The first-order valence-corrected chi connectivity index (χ1v) is 11.6. The van der Waals surface area contributed by atoms with E-state index in [2.05, 4.69) is 43.1 Å². The average molecular weight is 423 g/mol. The van der Waals surface area contributed by atoms with Crippen molar-refractivity contribution in [1.29, 1.82) is 0 Å². The summed E-state index contributed by atoms with van der Waals surface area (Å²) in [4.78, 5) is 30.1. The van der Waals surface area contributed by atoms with E-state index in [-0.39, 0.29) is 29.8 Å². The van der Waals surface area contributed by atoms with Crippen molar-refractivity contribution in [3.63, 3.8) is 0 Å². The van der Waals surface area contributed by atoms with Gasteiger partial charge in [-0.3, -0.25) is 14.7 Å². The van der Waals surface area contributed by atoms with Crippen molar-refractivity contribution in [3.05, 3.63) is 52.8 Å². The number of rotatable bonds is 4. The number of H-pyrrole nitrogens is 1. The molecule has 0 unspecified atom stereocenters. The molecule has 0 radical (unpaired) electrons. The maximum Gasteiger partial charge on any atom is 0.257 e. The minimum atomic E-state index is 0.0985. The number of aromatic nitrogens is 2. The van der Waals surface area contributed by atoms with Crippen molar-refractivity contribution < 1.29 is 9.59 Å². The van der Waals surface area contributed by atoms with Crippen LogP contribution in [0, 0.1) is 6.92 Å². The van der Waals surface area contributed by atoms with Crippen molar-refractivity contribution in [2.75, 3.05) is 13.1 Å². The highest BCUT2D eigenvalue weighted by molar-refractivity contribution is 5.95. The molecule has 2 aliphatic heterocycles. The minimum absolute atomic E-state index is 0.0985. The molecule has 1 aromatic heterocycles. The lowest BCUT2D eigenvalue weighted by atomic mass is 9.90. The van der Waals surface area contributed by atoms with Gasteiger partial charge in [0, 0.05) is 31.1 Å². The summed E-state index contributed by atoms with van der Waals surface area (Å²) in [5.74, 6) is 0.515. The van der Waals surface area contributed by atoms with Crippen LogP contribution in [0.1, 0.15) is 79.0 Å². The summed E-state index contributed by atoms with van der Waals surface area (Å²) in [5.41, 5.74) is 3.92. The molecule has 0 aliphatic carbocycles. The van der Waals surface area contributed by atoms with E-state index in [1.54, 1.807) is 6.20 Å². The number of nitrogens with zero attached hydrogens (tertiary/aromatic N) is 3. The van der Waals surface area contributed by atoms with Crippen molar-refractivity contribution in [2.45, 2.75) is 77.3 Å². The minimum Gasteiger partial charge on any atom is -0.342 e. The lowest BCUT2D eigenvalue weighted by Gasteiger charge is -2.39. The van der Waals surface area contributed by atoms with E-state index in [1.165, 1.54) is 12.0 Å². The van der Waals surface area contributed by atoms with Crippen LogP contribution in [0.25, 0.3) is 0 Å². The number of aryl methyl sites for hydroxylation is 1. The molecule has 1 N–H and O–H groups in total. The predicted molar refractivity (Wildman–Crippen MR) is 121 cm³/mol. The Hall–Kier alpha value is -2.63. The van der Waals surface area contributed by atoms with Crippen LogP contribution < -0.4 is 0 Å². The number of piperidine rings is 2. The molecule has 1 aromatic carbocycles. The van der Waals surface area contributed by atoms with Gasteiger partial charge in [-0.15, -0.1) is 0 Å². The van der Waals surface area contributed by atoms with Gasteiger partial charge in [0.05, 0.1) is 23.9 Å². The van der Waals surface area contributed by atoms with E-state index in [4.69, 9.17) is 0 Å². The Kier molecular flexibility index (Phi) is 6.44. The van der Waals surface area contributed by atoms with Crippen molar-refractivity contribution in [3.8, 4) is 0 Å². The molecule has 6 heteroatoms. The second-order valence-electron chi connectivity index (χ2n) is 9.36. The van der Waals surface area contributed by atoms with Crippen molar-refractivity contribution >= 4 is 11.8 Å². The third kappa shape index (κ3) is 4.68. The van der Waals surface area contributed by atoms with Gasteiger partial charge >= 0.3 is 0 Å². The van der Waals surface area contributed by atoms with Crippen LogP contribution in [0.3, 0.4) is 0 Å². The van der Waals surface area contributed by atoms with Gasteiger partial charge in [-0.1, -0.05) is 29.8 Å². The summed E-state index contributed by atoms with van der Waals surface area (Å²) in [6.07, 6.45) is 7.15. The molecule has 0 spiro atoms. The number of nitrogens with one attached hydrogen (secondary N) is 1. The number of benzene rings is 1. The highest BCUT2D eigenvalue weighted by Gasteiger charge is 2.34. The molecular formula is C25H34N4O2. The van der Waals surface area contributed by atoms with Gasteiger partial charge in [0.15, 0.2) is 0 Å². The Morgan fingerprint density at radius 3 is 2.32 bits per heavy atom. The van der Waals surface area contributed by atoms with E-state index in [1.807, 2.05) is 21.9 Å². The fraction of sp³-hybridized carbons (Fsp3) is 0.560. The second kappa shape index (κ2) is 9.25. The zero-order chi connectivity index (χ0) is 22.0. The van der Waals surface area contributed by atoms with E-state index in [9.17, 15) is 9.59 Å². The SMILES string of the molecule is Cc1ccc(CC(=O)N2CCC(c3[nH]ncc3C(=O)N3[C@H](C)CCC[C@H]3C)CC2)cc1. The van der Waals surface area contributed by atoms with Gasteiger partial charge in [0.25, 0.3) is 5.91 Å². The van der Waals surface area contributed by atoms with Gasteiger partial charge < -0.3 is 9.80 Å². The summed E-state index contributed by atoms with van der Waals surface area (Å²) >= 11 is 0. The van der Waals surface area contributed by atoms with Gasteiger partial charge in [-0.05, 0) is 58.4 Å². The maximum atomic E-state index is 13.3. The summed E-state index contributed by atoms with van der Waals surface area (Å²) in [7, 11) is 0. The van der Waals surface area contributed by atoms with Gasteiger partial charge in [-0.25, -0.2) is 0 Å². The van der Waals surface area contributed by atoms with Crippen LogP contribution >= 0.6 is 0 Å². The first-order chi connectivity index (χ1) is 14.9. The Labute approximate surface area is 185 Å². The van der Waals surface area contributed by atoms with Crippen molar-refractivity contribution in [2.24, 2.45) is 0 Å². The largest absolute Gasteiger partial charge is 0.342 e. The number of hydrogen-bond acceptors (Lipinski definition) is 3. The number of likely N-dealkylation sites (tertiary alicyclic amines) is 2. The Bertz CT molecular complexity index is 902. The Morgan fingerprint density at radius 1 is 1.03 bits per heavy atom. The molecule has 2 saturated heterocycles. The third-order valence-corrected chi connectivity index (χ3v) is 7.06. The maximum absolute atomic E-state index is 13.3. The number of carbonyl (C=O) groups excluding carboxylic acids is 2. The first-order valence-electron chi connectivity index (χ1n) is 11.6. The van der Waals surface area contributed by atoms with Crippen molar-refractivity contribution in [1.82, 2.24) is 20.0 Å². The highest BCUT2D eigenvalue weighted by atomic mass is 16.2. The van der Waals surface area contributed by atoms with Gasteiger partial charge in [0.2, 0.25) is 5.91 Å². The summed E-state index contributed by atoms with van der Waals surface area (Å²) in [5, 5.41) is 7.34. The number of amides is 2. The monoisotopic (exact) mass is 422 g/mol. The van der Waals surface area contributed by atoms with Crippen LogP contribution in [0.5, 0.6) is 0 Å². The smallest absolute Gasteiger partial charge is 0.257 e. The summed E-state index contributed by atoms with van der Waals surface area (Å²) in [6, 6.07) is 8.70. The molecule has 31 heavy (non-hydrogen) atoms. The molecule has 4 rings (SSSR count). The molecule has 2 atom stereocenters. The Balaban J connectivity index is 1.38. The molecule has 3 heterocycles. The highest BCUT2D eigenvalue weighted by Crippen LogP contribution is 2.32. The number of aromatic amines is 1. The molecule has 2 aromatic rings. The molecular weight excluding hydrogens is 388 g/mol. The van der Waals surface area contributed by atoms with Crippen LogP contribution in [0.15, 0.2) is 30.5 Å². The van der Waals surface area contributed by atoms with Crippen LogP contribution in [-0.4, -0.2) is 57.0 Å². The fourth-order valence-electron chi connectivity index (χ4n) is 5.15. The van der Waals surface area contributed by atoms with E-state index in [0.29, 0.717) is 12.0 Å². The molecule has 0 bridgehead atoms. The standard InChI is InChI=1S/C25H34N4O2/c1-17-7-9-20(10-8-17)15-23(30)28-13-11-21(12-14-28)24-22(16-26-27-24)25(31)29-18(2)5-4-6-19(29)3/h7-10,16,18-19,21H,4-6,11-15H2,1-3H3,(H,26,27)/t18-,19-/m1/s1. The van der Waals surface area contributed by atoms with E-state index in [0.717, 1.165) is 50.0 Å². The lowest BCUT2D eigenvalue weighted by molar-refractivity contribution is -0.131. The van der Waals surface area contributed by atoms with Gasteiger partial charge in [-0.2, -0.15) is 5.10 Å². The molecule has 166 valence electrons. The molecule has 2 fully saturated rings. The van der Waals surface area contributed by atoms with E-state index < -0.39 is 0 Å². The number of hydrogen-bond donors (Lipinski definition) is 1. The third-order valence-electron chi connectivity index (χ3n) is 7.06. The summed E-state index contributed by atoms with van der Waals surface area (Å²) < 4.78 is 0. The molecule has 6 nitrogen and oxygen atoms in total. The first kappa shape index (κ1) is 21.6. The fourth-order valence-corrected chi connectivity index (χ4v) is 5.15. The number of carbonyl (C=O) groups is 2. The van der Waals surface area contributed by atoms with Gasteiger partial charge in [0.1, 0.15) is 0 Å². The predicted octanol–water partition coefficient (Wildman–Crippen LogP) is 4.07. The topological polar surface area (TPSA) is 69.3 Å². The second-order valence-corrected chi connectivity index (χ2v) is 9.36. The zero-order valence-electron chi connectivity index (χ0n) is 18.9. The quantitative estimate of drug-likeness (QED) is 0.807. The summed E-state index contributed by atoms with van der Waals surface area (Å²) in [6.45, 7) is 7.78. The van der Waals surface area contributed by atoms with E-state index >= 15 is 0 Å². The average Bonchev–Trinajstić information content (AvgIpc) is 3.25. The van der Waals surface area contributed by atoms with Crippen LogP contribution in [0.4, 0.5) is 0 Å². The molecule has 2 amide bonds. The lowest BCUT2D eigenvalue weighted by Crippen LogP contribution is -2.47. The van der Waals surface area contributed by atoms with Crippen LogP contribution in [-0.2, 0) is 11.2 Å². The zero-order valence-corrected chi connectivity index (χ0v) is 18.9. The normalized spacial score (nSPS) is 22.5. The van der Waals surface area contributed by atoms with Crippen LogP contribution in [0.2, 0.25) is 0 Å². The Morgan fingerprint density at radius 2 is 1.68 bits per heavy atom. The molecule has 0 saturated carbocycles. The molecule has 2 aliphatic rings.